The minimum Gasteiger partial charge on any atom is -0.361 e. The van der Waals surface area contributed by atoms with Crippen LogP contribution >= 0.6 is 0 Å². The highest BCUT2D eigenvalue weighted by molar-refractivity contribution is 5.88. The van der Waals surface area contributed by atoms with Crippen LogP contribution in [0.4, 0.5) is 0 Å². The number of aromatic nitrogens is 1. The molecule has 0 bridgehead atoms. The second-order valence-electron chi connectivity index (χ2n) is 6.11. The van der Waals surface area contributed by atoms with Crippen molar-refractivity contribution in [2.45, 2.75) is 25.3 Å². The van der Waals surface area contributed by atoms with Gasteiger partial charge in [0.15, 0.2) is 0 Å². The Hall–Kier alpha value is -1.80. The molecule has 1 aliphatic heterocycles. The lowest BCUT2D eigenvalue weighted by Gasteiger charge is -2.42. The largest absolute Gasteiger partial charge is 0.361 e. The average molecular weight is 264 g/mol. The Bertz CT molecular complexity index is 707. The highest BCUT2D eigenvalue weighted by Gasteiger charge is 2.35. The van der Waals surface area contributed by atoms with Crippen molar-refractivity contribution in [2.24, 2.45) is 0 Å². The maximum absolute atomic E-state index is 3.92. The molecule has 0 fully saturated rings. The molecular weight excluding hydrogens is 244 g/mol. The van der Waals surface area contributed by atoms with E-state index in [2.05, 4.69) is 53.9 Å². The van der Waals surface area contributed by atoms with Gasteiger partial charge < -0.3 is 4.98 Å². The van der Waals surface area contributed by atoms with Gasteiger partial charge in [-0.3, -0.25) is 4.90 Å². The molecule has 0 spiro atoms. The molecular formula is C18H20N2. The summed E-state index contributed by atoms with van der Waals surface area (Å²) in [5, 5.41) is 1.46. The number of H-pyrrole nitrogens is 1. The summed E-state index contributed by atoms with van der Waals surface area (Å²) in [6.07, 6.45) is 7.85. The lowest BCUT2D eigenvalue weighted by Crippen LogP contribution is -2.45. The van der Waals surface area contributed by atoms with Crippen LogP contribution in [0.5, 0.6) is 0 Å². The molecule has 2 aromatic rings. The molecule has 20 heavy (non-hydrogen) atoms. The van der Waals surface area contributed by atoms with Gasteiger partial charge in [-0.15, -0.1) is 6.58 Å². The number of rotatable bonds is 2. The van der Waals surface area contributed by atoms with E-state index >= 15 is 0 Å². The Morgan fingerprint density at radius 2 is 2.35 bits per heavy atom. The van der Waals surface area contributed by atoms with Gasteiger partial charge in [-0.25, -0.2) is 0 Å². The first-order valence-corrected chi connectivity index (χ1v) is 7.39. The van der Waals surface area contributed by atoms with Gasteiger partial charge in [-0.05, 0) is 30.5 Å². The zero-order valence-corrected chi connectivity index (χ0v) is 11.9. The number of hydrogen-bond acceptors (Lipinski definition) is 1. The van der Waals surface area contributed by atoms with Crippen molar-refractivity contribution < 1.29 is 0 Å². The molecule has 2 nitrogen and oxygen atoms in total. The van der Waals surface area contributed by atoms with Crippen molar-refractivity contribution in [1.82, 2.24) is 9.88 Å². The molecule has 1 aliphatic carbocycles. The predicted octanol–water partition coefficient (Wildman–Crippen LogP) is 3.62. The molecule has 0 saturated carbocycles. The molecule has 4 rings (SSSR count). The van der Waals surface area contributed by atoms with Crippen LogP contribution in [0.15, 0.2) is 48.7 Å². The number of benzene rings is 1. The number of nitrogens with zero attached hydrogens (tertiary/aromatic N) is 1. The molecule has 1 N–H and O–H groups in total. The van der Waals surface area contributed by atoms with Crippen LogP contribution in [-0.4, -0.2) is 29.0 Å². The van der Waals surface area contributed by atoms with Crippen molar-refractivity contribution >= 4 is 10.9 Å². The summed E-state index contributed by atoms with van der Waals surface area (Å²) in [6.45, 7) is 8.22. The van der Waals surface area contributed by atoms with E-state index in [1.807, 2.05) is 6.08 Å². The predicted molar refractivity (Wildman–Crippen MR) is 84.1 cm³/mol. The first-order chi connectivity index (χ1) is 9.78. The number of hydrogen-bond donors (Lipinski definition) is 1. The molecule has 0 radical (unpaired) electrons. The standard InChI is InChI=1S/C18H20N2/c1-3-7-20-11-12(2)8-15-14-5-4-6-16-18(14)13(10-19-16)9-17(15)20/h3-6,8,10,15,17,19H,1,7,9,11H2,2H3/t15-,17-/m1/s1. The van der Waals surface area contributed by atoms with Crippen molar-refractivity contribution in [3.8, 4) is 0 Å². The van der Waals surface area contributed by atoms with Gasteiger partial charge in [0.2, 0.25) is 0 Å². The Labute approximate surface area is 119 Å². The monoisotopic (exact) mass is 264 g/mol. The Balaban J connectivity index is 1.89. The number of fused-ring (bicyclic) bond motifs is 2. The van der Waals surface area contributed by atoms with Gasteiger partial charge in [-0.1, -0.05) is 29.9 Å². The Morgan fingerprint density at radius 1 is 1.45 bits per heavy atom. The topological polar surface area (TPSA) is 19.0 Å². The fraction of sp³-hybridized carbons (Fsp3) is 0.333. The molecule has 0 amide bonds. The maximum atomic E-state index is 3.92. The quantitative estimate of drug-likeness (QED) is 0.821. The molecule has 2 heterocycles. The van der Waals surface area contributed by atoms with Crippen LogP contribution in [-0.2, 0) is 6.42 Å². The SMILES string of the molecule is C=CCN1CC(C)=C[C@@H]2c3cccc4[nH]cc(c34)C[C@H]21. The molecule has 102 valence electrons. The van der Waals surface area contributed by atoms with E-state index in [1.54, 1.807) is 0 Å². The minimum atomic E-state index is 0.524. The third-order valence-electron chi connectivity index (χ3n) is 4.77. The molecule has 1 aromatic heterocycles. The molecule has 1 aromatic carbocycles. The van der Waals surface area contributed by atoms with Gasteiger partial charge in [-0.2, -0.15) is 0 Å². The van der Waals surface area contributed by atoms with E-state index in [9.17, 15) is 0 Å². The van der Waals surface area contributed by atoms with Crippen molar-refractivity contribution in [3.63, 3.8) is 0 Å². The van der Waals surface area contributed by atoms with Gasteiger partial charge in [0.25, 0.3) is 0 Å². The van der Waals surface area contributed by atoms with Crippen molar-refractivity contribution in [1.29, 1.82) is 0 Å². The Morgan fingerprint density at radius 3 is 3.20 bits per heavy atom. The zero-order chi connectivity index (χ0) is 13.7. The molecule has 2 aliphatic rings. The molecule has 2 heteroatoms. The molecule has 2 atom stereocenters. The second kappa shape index (κ2) is 4.35. The zero-order valence-electron chi connectivity index (χ0n) is 11.9. The fourth-order valence-corrected chi connectivity index (χ4v) is 4.00. The highest BCUT2D eigenvalue weighted by Crippen LogP contribution is 2.42. The molecule has 0 saturated heterocycles. The van der Waals surface area contributed by atoms with Crippen LogP contribution in [0, 0.1) is 0 Å². The van der Waals surface area contributed by atoms with Crippen LogP contribution in [0.1, 0.15) is 24.0 Å². The van der Waals surface area contributed by atoms with Crippen LogP contribution < -0.4 is 0 Å². The smallest absolute Gasteiger partial charge is 0.0459 e. The average Bonchev–Trinajstić information content (AvgIpc) is 2.85. The lowest BCUT2D eigenvalue weighted by molar-refractivity contribution is 0.201. The van der Waals surface area contributed by atoms with E-state index < -0.39 is 0 Å². The lowest BCUT2D eigenvalue weighted by atomic mass is 9.76. The summed E-state index contributed by atoms with van der Waals surface area (Å²) in [5.74, 6) is 0.524. The Kier molecular flexibility index (Phi) is 2.61. The van der Waals surface area contributed by atoms with Gasteiger partial charge in [0, 0.05) is 42.1 Å². The minimum absolute atomic E-state index is 0.524. The first kappa shape index (κ1) is 12.0. The van der Waals surface area contributed by atoms with Crippen LogP contribution in [0.2, 0.25) is 0 Å². The first-order valence-electron chi connectivity index (χ1n) is 7.39. The maximum Gasteiger partial charge on any atom is 0.0459 e. The number of nitrogens with one attached hydrogen (secondary N) is 1. The summed E-state index contributed by atoms with van der Waals surface area (Å²) < 4.78 is 0. The van der Waals surface area contributed by atoms with E-state index in [1.165, 1.54) is 27.6 Å². The van der Waals surface area contributed by atoms with Crippen LogP contribution in [0.25, 0.3) is 10.9 Å². The van der Waals surface area contributed by atoms with E-state index in [0.29, 0.717) is 12.0 Å². The van der Waals surface area contributed by atoms with Crippen molar-refractivity contribution in [3.05, 3.63) is 59.8 Å². The third kappa shape index (κ3) is 1.61. The van der Waals surface area contributed by atoms with Gasteiger partial charge >= 0.3 is 0 Å². The normalized spacial score (nSPS) is 25.4. The van der Waals surface area contributed by atoms with Gasteiger partial charge in [0.1, 0.15) is 0 Å². The summed E-state index contributed by atoms with van der Waals surface area (Å²) in [5.41, 5.74) is 5.72. The summed E-state index contributed by atoms with van der Waals surface area (Å²) in [6, 6.07) is 7.24. The van der Waals surface area contributed by atoms with Gasteiger partial charge in [0.05, 0.1) is 0 Å². The van der Waals surface area contributed by atoms with E-state index in [0.717, 1.165) is 19.5 Å². The number of aromatic amines is 1. The summed E-state index contributed by atoms with van der Waals surface area (Å²) in [4.78, 5) is 6.00. The van der Waals surface area contributed by atoms with Crippen molar-refractivity contribution in [2.75, 3.05) is 13.1 Å². The van der Waals surface area contributed by atoms with E-state index in [4.69, 9.17) is 0 Å². The highest BCUT2D eigenvalue weighted by atomic mass is 15.2. The fourth-order valence-electron chi connectivity index (χ4n) is 4.00. The summed E-state index contributed by atoms with van der Waals surface area (Å²) in [7, 11) is 0. The third-order valence-corrected chi connectivity index (χ3v) is 4.77. The molecule has 0 unspecified atom stereocenters. The summed E-state index contributed by atoms with van der Waals surface area (Å²) >= 11 is 0. The second-order valence-corrected chi connectivity index (χ2v) is 6.11. The van der Waals surface area contributed by atoms with Crippen LogP contribution in [0.3, 0.4) is 0 Å². The van der Waals surface area contributed by atoms with E-state index in [-0.39, 0.29) is 0 Å².